The fourth-order valence-electron chi connectivity index (χ4n) is 2.47. The predicted octanol–water partition coefficient (Wildman–Crippen LogP) is 4.14. The van der Waals surface area contributed by atoms with Gasteiger partial charge in [-0.3, -0.25) is 9.89 Å². The number of hydrogen-bond donors (Lipinski definition) is 1. The van der Waals surface area contributed by atoms with E-state index in [-0.39, 0.29) is 11.7 Å². The zero-order valence-electron chi connectivity index (χ0n) is 13.0. The number of aromatic amines is 1. The molecule has 1 amide bonds. The van der Waals surface area contributed by atoms with Crippen LogP contribution >= 0.6 is 11.6 Å². The Hall–Kier alpha value is -2.66. The highest BCUT2D eigenvalue weighted by Crippen LogP contribution is 2.23. The van der Waals surface area contributed by atoms with Gasteiger partial charge in [-0.1, -0.05) is 23.7 Å². The first-order chi connectivity index (χ1) is 11.5. The van der Waals surface area contributed by atoms with E-state index >= 15 is 0 Å². The Morgan fingerprint density at radius 1 is 1.25 bits per heavy atom. The highest BCUT2D eigenvalue weighted by atomic mass is 35.5. The fourth-order valence-corrected chi connectivity index (χ4v) is 2.68. The van der Waals surface area contributed by atoms with Crippen molar-refractivity contribution < 1.29 is 9.18 Å². The van der Waals surface area contributed by atoms with Gasteiger partial charge in [-0.05, 0) is 42.0 Å². The number of H-pyrrole nitrogens is 1. The van der Waals surface area contributed by atoms with E-state index in [0.29, 0.717) is 28.4 Å². The summed E-state index contributed by atoms with van der Waals surface area (Å²) in [5.41, 5.74) is 2.64. The summed E-state index contributed by atoms with van der Waals surface area (Å²) in [6, 6.07) is 13.3. The van der Waals surface area contributed by atoms with Crippen LogP contribution in [0.15, 0.2) is 54.7 Å². The fraction of sp³-hybridized carbons (Fsp3) is 0.111. The van der Waals surface area contributed by atoms with Crippen LogP contribution in [0.25, 0.3) is 11.3 Å². The number of nitrogens with zero attached hydrogens (tertiary/aromatic N) is 2. The molecule has 3 aromatic rings. The molecule has 6 heteroatoms. The van der Waals surface area contributed by atoms with Crippen molar-refractivity contribution >= 4 is 17.5 Å². The van der Waals surface area contributed by atoms with Crippen LogP contribution < -0.4 is 0 Å². The molecule has 0 spiro atoms. The number of amides is 1. The van der Waals surface area contributed by atoms with Crippen LogP contribution in [0, 0.1) is 5.82 Å². The maximum atomic E-state index is 13.1. The summed E-state index contributed by atoms with van der Waals surface area (Å²) in [5, 5.41) is 7.40. The molecule has 0 aliphatic heterocycles. The van der Waals surface area contributed by atoms with Crippen molar-refractivity contribution in [1.29, 1.82) is 0 Å². The van der Waals surface area contributed by atoms with E-state index in [0.717, 1.165) is 5.56 Å². The second kappa shape index (κ2) is 6.84. The van der Waals surface area contributed by atoms with Crippen LogP contribution in [0.5, 0.6) is 0 Å². The molecule has 0 bridgehead atoms. The molecule has 0 unspecified atom stereocenters. The summed E-state index contributed by atoms with van der Waals surface area (Å²) < 4.78 is 13.1. The van der Waals surface area contributed by atoms with E-state index in [9.17, 15) is 9.18 Å². The molecule has 0 saturated carbocycles. The molecule has 122 valence electrons. The second-order valence-corrected chi connectivity index (χ2v) is 5.89. The van der Waals surface area contributed by atoms with E-state index in [2.05, 4.69) is 10.2 Å². The summed E-state index contributed by atoms with van der Waals surface area (Å²) in [7, 11) is 1.71. The van der Waals surface area contributed by atoms with Gasteiger partial charge in [-0.15, -0.1) is 0 Å². The van der Waals surface area contributed by atoms with Crippen molar-refractivity contribution in [3.63, 3.8) is 0 Å². The SMILES string of the molecule is CN(Cc1cccc(Cl)c1)C(=O)c1cn[nH]c1-c1ccc(F)cc1. The minimum Gasteiger partial charge on any atom is -0.337 e. The monoisotopic (exact) mass is 343 g/mol. The third-order valence-electron chi connectivity index (χ3n) is 3.66. The molecule has 0 aliphatic carbocycles. The van der Waals surface area contributed by atoms with E-state index in [1.54, 1.807) is 30.1 Å². The Morgan fingerprint density at radius 2 is 2.00 bits per heavy atom. The number of benzene rings is 2. The first kappa shape index (κ1) is 16.2. The first-order valence-electron chi connectivity index (χ1n) is 7.34. The molecule has 0 saturated heterocycles. The van der Waals surface area contributed by atoms with Gasteiger partial charge in [0.25, 0.3) is 5.91 Å². The van der Waals surface area contributed by atoms with Crippen molar-refractivity contribution in [1.82, 2.24) is 15.1 Å². The molecule has 3 rings (SSSR count). The van der Waals surface area contributed by atoms with Crippen molar-refractivity contribution in [3.05, 3.63) is 76.7 Å². The van der Waals surface area contributed by atoms with Gasteiger partial charge in [0.15, 0.2) is 0 Å². The lowest BCUT2D eigenvalue weighted by Gasteiger charge is -2.17. The number of rotatable bonds is 4. The minimum absolute atomic E-state index is 0.178. The molecule has 1 N–H and O–H groups in total. The first-order valence-corrected chi connectivity index (χ1v) is 7.71. The van der Waals surface area contributed by atoms with Gasteiger partial charge in [0, 0.05) is 24.2 Å². The van der Waals surface area contributed by atoms with Gasteiger partial charge in [0.05, 0.1) is 17.5 Å². The van der Waals surface area contributed by atoms with E-state index in [1.165, 1.54) is 18.3 Å². The number of aromatic nitrogens is 2. The molecule has 1 heterocycles. The maximum Gasteiger partial charge on any atom is 0.257 e. The zero-order chi connectivity index (χ0) is 17.1. The third kappa shape index (κ3) is 3.46. The third-order valence-corrected chi connectivity index (χ3v) is 3.89. The molecular weight excluding hydrogens is 329 g/mol. The molecule has 1 aromatic heterocycles. The van der Waals surface area contributed by atoms with Crippen LogP contribution in [-0.2, 0) is 6.54 Å². The molecule has 0 radical (unpaired) electrons. The number of hydrogen-bond acceptors (Lipinski definition) is 2. The Kier molecular flexibility index (Phi) is 4.62. The molecule has 4 nitrogen and oxygen atoms in total. The average Bonchev–Trinajstić information content (AvgIpc) is 3.04. The molecular formula is C18H15ClFN3O. The van der Waals surface area contributed by atoms with Gasteiger partial charge in [-0.2, -0.15) is 5.10 Å². The van der Waals surface area contributed by atoms with E-state index in [1.807, 2.05) is 18.2 Å². The van der Waals surface area contributed by atoms with Crippen LogP contribution in [0.3, 0.4) is 0 Å². The second-order valence-electron chi connectivity index (χ2n) is 5.46. The van der Waals surface area contributed by atoms with Gasteiger partial charge >= 0.3 is 0 Å². The largest absolute Gasteiger partial charge is 0.337 e. The Morgan fingerprint density at radius 3 is 2.71 bits per heavy atom. The lowest BCUT2D eigenvalue weighted by atomic mass is 10.1. The standard InChI is InChI=1S/C18H15ClFN3O/c1-23(11-12-3-2-4-14(19)9-12)18(24)16-10-21-22-17(16)13-5-7-15(20)8-6-13/h2-10H,11H2,1H3,(H,21,22). The number of nitrogens with one attached hydrogen (secondary N) is 1. The van der Waals surface area contributed by atoms with Crippen molar-refractivity contribution in [3.8, 4) is 11.3 Å². The van der Waals surface area contributed by atoms with Gasteiger partial charge in [0.2, 0.25) is 0 Å². The van der Waals surface area contributed by atoms with Gasteiger partial charge in [0.1, 0.15) is 5.82 Å². The predicted molar refractivity (Wildman–Crippen MR) is 91.2 cm³/mol. The lowest BCUT2D eigenvalue weighted by Crippen LogP contribution is -2.26. The smallest absolute Gasteiger partial charge is 0.257 e. The quantitative estimate of drug-likeness (QED) is 0.774. The zero-order valence-corrected chi connectivity index (χ0v) is 13.7. The summed E-state index contributed by atoms with van der Waals surface area (Å²) in [4.78, 5) is 14.3. The Labute approximate surface area is 143 Å². The van der Waals surface area contributed by atoms with Gasteiger partial charge in [-0.25, -0.2) is 4.39 Å². The van der Waals surface area contributed by atoms with Crippen molar-refractivity contribution in [2.45, 2.75) is 6.54 Å². The Bertz CT molecular complexity index is 861. The van der Waals surface area contributed by atoms with Crippen molar-refractivity contribution in [2.75, 3.05) is 7.05 Å². The minimum atomic E-state index is -0.329. The average molecular weight is 344 g/mol. The van der Waals surface area contributed by atoms with Crippen LogP contribution in [0.2, 0.25) is 5.02 Å². The molecule has 0 aliphatic rings. The molecule has 0 atom stereocenters. The van der Waals surface area contributed by atoms with Crippen LogP contribution in [0.4, 0.5) is 4.39 Å². The normalized spacial score (nSPS) is 10.6. The highest BCUT2D eigenvalue weighted by molar-refractivity contribution is 6.30. The highest BCUT2D eigenvalue weighted by Gasteiger charge is 2.19. The van der Waals surface area contributed by atoms with E-state index in [4.69, 9.17) is 11.6 Å². The topological polar surface area (TPSA) is 49.0 Å². The number of halogens is 2. The van der Waals surface area contributed by atoms with Gasteiger partial charge < -0.3 is 4.90 Å². The molecule has 0 fully saturated rings. The Balaban J connectivity index is 1.83. The molecule has 2 aromatic carbocycles. The van der Waals surface area contributed by atoms with E-state index < -0.39 is 0 Å². The van der Waals surface area contributed by atoms with Crippen molar-refractivity contribution in [2.24, 2.45) is 0 Å². The van der Waals surface area contributed by atoms with Crippen LogP contribution in [-0.4, -0.2) is 28.1 Å². The summed E-state index contributed by atoms with van der Waals surface area (Å²) >= 11 is 5.98. The lowest BCUT2D eigenvalue weighted by molar-refractivity contribution is 0.0786. The summed E-state index contributed by atoms with van der Waals surface area (Å²) in [6.07, 6.45) is 1.48. The summed E-state index contributed by atoms with van der Waals surface area (Å²) in [6.45, 7) is 0.424. The number of carbonyl (C=O) groups is 1. The van der Waals surface area contributed by atoms with Crippen LogP contribution in [0.1, 0.15) is 15.9 Å². The number of carbonyl (C=O) groups excluding carboxylic acids is 1. The summed E-state index contributed by atoms with van der Waals surface area (Å²) in [5.74, 6) is -0.507. The maximum absolute atomic E-state index is 13.1. The molecule has 24 heavy (non-hydrogen) atoms.